The lowest BCUT2D eigenvalue weighted by Crippen LogP contribution is -2.27. The predicted octanol–water partition coefficient (Wildman–Crippen LogP) is 4.91. The first-order valence-corrected chi connectivity index (χ1v) is 7.87. The van der Waals surface area contributed by atoms with E-state index in [1.807, 2.05) is 6.07 Å². The largest absolute Gasteiger partial charge is 0.324 e. The second-order valence-corrected chi connectivity index (χ2v) is 6.27. The van der Waals surface area contributed by atoms with Gasteiger partial charge in [-0.2, -0.15) is 0 Å². The van der Waals surface area contributed by atoms with Gasteiger partial charge in [-0.25, -0.2) is 9.37 Å². The minimum Gasteiger partial charge on any atom is -0.324 e. The number of rotatable bonds is 2. The van der Waals surface area contributed by atoms with Gasteiger partial charge in [0.15, 0.2) is 0 Å². The van der Waals surface area contributed by atoms with Crippen molar-refractivity contribution in [3.63, 3.8) is 0 Å². The summed E-state index contributed by atoms with van der Waals surface area (Å²) in [6, 6.07) is 5.26. The summed E-state index contributed by atoms with van der Waals surface area (Å²) in [5, 5.41) is 0. The highest BCUT2D eigenvalue weighted by molar-refractivity contribution is 6.16. The molecule has 108 valence electrons. The number of imidazole rings is 1. The van der Waals surface area contributed by atoms with E-state index in [0.29, 0.717) is 29.3 Å². The summed E-state index contributed by atoms with van der Waals surface area (Å²) in [7, 11) is 0. The fourth-order valence-corrected chi connectivity index (χ4v) is 3.69. The third kappa shape index (κ3) is 2.22. The van der Waals surface area contributed by atoms with Crippen molar-refractivity contribution in [1.29, 1.82) is 0 Å². The molecule has 3 atom stereocenters. The average molecular weight is 295 g/mol. The van der Waals surface area contributed by atoms with Gasteiger partial charge < -0.3 is 4.57 Å². The fraction of sp³-hybridized carbons (Fsp3) is 0.562. The molecule has 20 heavy (non-hydrogen) atoms. The molecule has 0 bridgehead atoms. The van der Waals surface area contributed by atoms with Crippen molar-refractivity contribution in [2.24, 2.45) is 11.8 Å². The Morgan fingerprint density at radius 2 is 2.15 bits per heavy atom. The maximum atomic E-state index is 13.4. The SMILES string of the molecule is CC1CCCC(n2c(CCl)nc3cc(F)ccc32)C1C. The molecule has 0 spiro atoms. The van der Waals surface area contributed by atoms with Crippen molar-refractivity contribution in [2.45, 2.75) is 45.0 Å². The van der Waals surface area contributed by atoms with Crippen LogP contribution < -0.4 is 0 Å². The summed E-state index contributed by atoms with van der Waals surface area (Å²) < 4.78 is 15.6. The van der Waals surface area contributed by atoms with Crippen LogP contribution in [0.2, 0.25) is 0 Å². The average Bonchev–Trinajstić information content (AvgIpc) is 2.79. The molecule has 0 aliphatic heterocycles. The van der Waals surface area contributed by atoms with Crippen LogP contribution in [-0.4, -0.2) is 9.55 Å². The summed E-state index contributed by atoms with van der Waals surface area (Å²) >= 11 is 6.07. The number of hydrogen-bond donors (Lipinski definition) is 0. The van der Waals surface area contributed by atoms with Gasteiger partial charge in [-0.05, 0) is 30.4 Å². The summed E-state index contributed by atoms with van der Waals surface area (Å²) in [5.41, 5.74) is 1.72. The molecule has 1 saturated carbocycles. The molecule has 1 aromatic carbocycles. The van der Waals surface area contributed by atoms with Crippen LogP contribution in [0, 0.1) is 17.7 Å². The normalized spacial score (nSPS) is 27.1. The molecule has 1 fully saturated rings. The molecule has 0 amide bonds. The van der Waals surface area contributed by atoms with Gasteiger partial charge in [-0.3, -0.25) is 0 Å². The van der Waals surface area contributed by atoms with Crippen molar-refractivity contribution in [3.8, 4) is 0 Å². The molecule has 2 nitrogen and oxygen atoms in total. The lowest BCUT2D eigenvalue weighted by molar-refractivity contribution is 0.187. The Balaban J connectivity index is 2.13. The van der Waals surface area contributed by atoms with Crippen molar-refractivity contribution >= 4 is 22.6 Å². The third-order valence-corrected chi connectivity index (χ3v) is 5.08. The lowest BCUT2D eigenvalue weighted by atomic mass is 9.78. The van der Waals surface area contributed by atoms with E-state index in [4.69, 9.17) is 11.6 Å². The molecule has 4 heteroatoms. The Kier molecular flexibility index (Phi) is 3.72. The van der Waals surface area contributed by atoms with Crippen LogP contribution in [0.25, 0.3) is 11.0 Å². The standard InChI is InChI=1S/C16H20ClFN2/c1-10-4-3-5-14(11(10)2)20-15-7-6-12(18)8-13(15)19-16(20)9-17/h6-8,10-11,14H,3-5,9H2,1-2H3. The van der Waals surface area contributed by atoms with Crippen molar-refractivity contribution < 1.29 is 4.39 Å². The maximum Gasteiger partial charge on any atom is 0.125 e. The monoisotopic (exact) mass is 294 g/mol. The summed E-state index contributed by atoms with van der Waals surface area (Å²) in [6.45, 7) is 4.62. The Hall–Kier alpha value is -1.09. The van der Waals surface area contributed by atoms with Crippen molar-refractivity contribution in [3.05, 3.63) is 29.8 Å². The first-order chi connectivity index (χ1) is 9.61. The Bertz CT molecular complexity index is 622. The zero-order valence-electron chi connectivity index (χ0n) is 11.9. The zero-order valence-corrected chi connectivity index (χ0v) is 12.7. The lowest BCUT2D eigenvalue weighted by Gasteiger charge is -2.36. The second kappa shape index (κ2) is 5.36. The van der Waals surface area contributed by atoms with E-state index in [0.717, 1.165) is 17.8 Å². The number of hydrogen-bond acceptors (Lipinski definition) is 1. The number of benzene rings is 1. The molecule has 2 aromatic rings. The molecule has 0 saturated heterocycles. The highest BCUT2D eigenvalue weighted by Gasteiger charge is 2.30. The van der Waals surface area contributed by atoms with E-state index in [9.17, 15) is 4.39 Å². The Labute approximate surface area is 123 Å². The highest BCUT2D eigenvalue weighted by atomic mass is 35.5. The zero-order chi connectivity index (χ0) is 14.3. The van der Waals surface area contributed by atoms with E-state index < -0.39 is 0 Å². The summed E-state index contributed by atoms with van der Waals surface area (Å²) in [4.78, 5) is 4.52. The molecule has 0 N–H and O–H groups in total. The van der Waals surface area contributed by atoms with Gasteiger partial charge in [-0.1, -0.05) is 26.7 Å². The van der Waals surface area contributed by atoms with Crippen LogP contribution in [-0.2, 0) is 5.88 Å². The Morgan fingerprint density at radius 1 is 1.35 bits per heavy atom. The van der Waals surface area contributed by atoms with Crippen LogP contribution in [0.4, 0.5) is 4.39 Å². The van der Waals surface area contributed by atoms with E-state index in [1.165, 1.54) is 25.0 Å². The molecular weight excluding hydrogens is 275 g/mol. The number of nitrogens with zero attached hydrogens (tertiary/aromatic N) is 2. The minimum atomic E-state index is -0.242. The van der Waals surface area contributed by atoms with Crippen LogP contribution in [0.1, 0.15) is 45.0 Å². The van der Waals surface area contributed by atoms with E-state index in [1.54, 1.807) is 0 Å². The molecular formula is C16H20ClFN2. The number of aromatic nitrogens is 2. The maximum absolute atomic E-state index is 13.4. The molecule has 1 aliphatic rings. The smallest absolute Gasteiger partial charge is 0.125 e. The first kappa shape index (κ1) is 13.9. The molecule has 1 heterocycles. The van der Waals surface area contributed by atoms with Gasteiger partial charge in [0.1, 0.15) is 11.6 Å². The number of fused-ring (bicyclic) bond motifs is 1. The van der Waals surface area contributed by atoms with Crippen LogP contribution in [0.15, 0.2) is 18.2 Å². The quantitative estimate of drug-likeness (QED) is 0.720. The van der Waals surface area contributed by atoms with Gasteiger partial charge in [-0.15, -0.1) is 11.6 Å². The van der Waals surface area contributed by atoms with Crippen LogP contribution in [0.3, 0.4) is 0 Å². The van der Waals surface area contributed by atoms with E-state index in [-0.39, 0.29) is 5.82 Å². The van der Waals surface area contributed by atoms with Gasteiger partial charge in [0.05, 0.1) is 16.9 Å². The summed E-state index contributed by atoms with van der Waals surface area (Å²) in [6.07, 6.45) is 3.67. The van der Waals surface area contributed by atoms with Crippen molar-refractivity contribution in [1.82, 2.24) is 9.55 Å². The third-order valence-electron chi connectivity index (χ3n) is 4.84. The second-order valence-electron chi connectivity index (χ2n) is 6.00. The van der Waals surface area contributed by atoms with Crippen molar-refractivity contribution in [2.75, 3.05) is 0 Å². The van der Waals surface area contributed by atoms with Crippen LogP contribution in [0.5, 0.6) is 0 Å². The predicted molar refractivity (Wildman–Crippen MR) is 80.5 cm³/mol. The number of alkyl halides is 1. The van der Waals surface area contributed by atoms with E-state index in [2.05, 4.69) is 23.4 Å². The topological polar surface area (TPSA) is 17.8 Å². The van der Waals surface area contributed by atoms with Crippen LogP contribution >= 0.6 is 11.6 Å². The molecule has 0 radical (unpaired) electrons. The van der Waals surface area contributed by atoms with Gasteiger partial charge >= 0.3 is 0 Å². The summed E-state index contributed by atoms with van der Waals surface area (Å²) in [5.74, 6) is 2.28. The molecule has 1 aliphatic carbocycles. The Morgan fingerprint density at radius 3 is 2.90 bits per heavy atom. The number of halogens is 2. The highest BCUT2D eigenvalue weighted by Crippen LogP contribution is 2.40. The fourth-order valence-electron chi connectivity index (χ4n) is 3.50. The van der Waals surface area contributed by atoms with Gasteiger partial charge in [0.2, 0.25) is 0 Å². The molecule has 3 rings (SSSR count). The first-order valence-electron chi connectivity index (χ1n) is 7.34. The molecule has 3 unspecified atom stereocenters. The van der Waals surface area contributed by atoms with Gasteiger partial charge in [0, 0.05) is 12.1 Å². The van der Waals surface area contributed by atoms with Gasteiger partial charge in [0.25, 0.3) is 0 Å². The minimum absolute atomic E-state index is 0.242. The molecule has 1 aromatic heterocycles. The van der Waals surface area contributed by atoms with E-state index >= 15 is 0 Å².